The molecular formula is C17H25N5O2. The van der Waals surface area contributed by atoms with Crippen LogP contribution in [0, 0.1) is 0 Å². The number of aromatic nitrogens is 2. The zero-order valence-electron chi connectivity index (χ0n) is 13.9. The fourth-order valence-corrected chi connectivity index (χ4v) is 4.26. The average Bonchev–Trinajstić information content (AvgIpc) is 3.11. The van der Waals surface area contributed by atoms with Gasteiger partial charge in [0.2, 0.25) is 5.91 Å². The van der Waals surface area contributed by atoms with E-state index in [0.29, 0.717) is 11.7 Å². The Balaban J connectivity index is 1.51. The van der Waals surface area contributed by atoms with Gasteiger partial charge in [-0.3, -0.25) is 14.3 Å². The molecule has 2 amide bonds. The highest BCUT2D eigenvalue weighted by molar-refractivity contribution is 5.96. The summed E-state index contributed by atoms with van der Waals surface area (Å²) in [6.07, 6.45) is 8.26. The molecule has 3 fully saturated rings. The summed E-state index contributed by atoms with van der Waals surface area (Å²) in [5, 5.41) is 10.9. The highest BCUT2D eigenvalue weighted by Crippen LogP contribution is 2.27. The fourth-order valence-electron chi connectivity index (χ4n) is 4.26. The number of hydrogen-bond acceptors (Lipinski definition) is 4. The topological polar surface area (TPSA) is 79.3 Å². The number of fused-ring (bicyclic) bond motifs is 1. The van der Waals surface area contributed by atoms with Gasteiger partial charge in [0.1, 0.15) is 12.2 Å². The molecule has 1 aliphatic carbocycles. The van der Waals surface area contributed by atoms with Crippen LogP contribution in [0.5, 0.6) is 0 Å². The van der Waals surface area contributed by atoms with Crippen molar-refractivity contribution in [1.29, 1.82) is 0 Å². The molecular weight excluding hydrogens is 306 g/mol. The van der Waals surface area contributed by atoms with Crippen LogP contribution in [0.15, 0.2) is 12.3 Å². The van der Waals surface area contributed by atoms with Crippen LogP contribution in [-0.2, 0) is 4.79 Å². The summed E-state index contributed by atoms with van der Waals surface area (Å²) >= 11 is 0. The van der Waals surface area contributed by atoms with Crippen molar-refractivity contribution in [3.8, 4) is 0 Å². The van der Waals surface area contributed by atoms with Crippen molar-refractivity contribution >= 4 is 11.8 Å². The molecule has 0 spiro atoms. The van der Waals surface area contributed by atoms with E-state index in [0.717, 1.165) is 51.6 Å². The van der Waals surface area contributed by atoms with E-state index in [4.69, 9.17) is 0 Å². The molecule has 1 aromatic rings. The third kappa shape index (κ3) is 2.92. The Morgan fingerprint density at radius 2 is 2.08 bits per heavy atom. The largest absolute Gasteiger partial charge is 0.350 e. The van der Waals surface area contributed by atoms with Crippen molar-refractivity contribution < 1.29 is 9.59 Å². The molecule has 3 atom stereocenters. The number of rotatable bonds is 2. The van der Waals surface area contributed by atoms with Crippen molar-refractivity contribution in [2.75, 3.05) is 19.6 Å². The van der Waals surface area contributed by atoms with Gasteiger partial charge in [0.25, 0.3) is 5.91 Å². The lowest BCUT2D eigenvalue weighted by Crippen LogP contribution is -2.62. The van der Waals surface area contributed by atoms with Crippen molar-refractivity contribution in [3.05, 3.63) is 18.0 Å². The number of nitrogens with one attached hydrogen (secondary N) is 2. The Morgan fingerprint density at radius 3 is 2.92 bits per heavy atom. The standard InChI is InChI=1S/C17H25N5O2/c23-16-11-21(15-6-2-1-5-13(15)19-16)17(24)14-7-9-22(20-14)12-4-3-8-18-10-12/h7,9,12-13,15,18H,1-6,8,10-11H2,(H,19,23). The summed E-state index contributed by atoms with van der Waals surface area (Å²) in [5.41, 5.74) is 0.458. The Hall–Kier alpha value is -1.89. The van der Waals surface area contributed by atoms with Gasteiger partial charge in [-0.2, -0.15) is 5.10 Å². The van der Waals surface area contributed by atoms with Gasteiger partial charge in [0.05, 0.1) is 12.1 Å². The summed E-state index contributed by atoms with van der Waals surface area (Å²) in [6.45, 7) is 2.10. The predicted octanol–water partition coefficient (Wildman–Crippen LogP) is 0.691. The first kappa shape index (κ1) is 15.6. The molecule has 1 aromatic heterocycles. The van der Waals surface area contributed by atoms with E-state index in [9.17, 15) is 9.59 Å². The molecule has 0 bridgehead atoms. The van der Waals surface area contributed by atoms with E-state index >= 15 is 0 Å². The third-order valence-corrected chi connectivity index (χ3v) is 5.52. The molecule has 1 saturated carbocycles. The molecule has 7 nitrogen and oxygen atoms in total. The van der Waals surface area contributed by atoms with Crippen LogP contribution < -0.4 is 10.6 Å². The Labute approximate surface area is 141 Å². The lowest BCUT2D eigenvalue weighted by molar-refractivity contribution is -0.127. The van der Waals surface area contributed by atoms with Gasteiger partial charge in [-0.25, -0.2) is 0 Å². The molecule has 3 aliphatic rings. The second-order valence-corrected chi connectivity index (χ2v) is 7.14. The number of hydrogen-bond donors (Lipinski definition) is 2. The zero-order chi connectivity index (χ0) is 16.5. The van der Waals surface area contributed by atoms with Crippen molar-refractivity contribution in [3.63, 3.8) is 0 Å². The van der Waals surface area contributed by atoms with E-state index in [2.05, 4.69) is 15.7 Å². The lowest BCUT2D eigenvalue weighted by Gasteiger charge is -2.43. The number of carbonyl (C=O) groups is 2. The molecule has 0 aromatic carbocycles. The minimum atomic E-state index is -0.107. The number of piperazine rings is 1. The molecule has 0 radical (unpaired) electrons. The van der Waals surface area contributed by atoms with Gasteiger partial charge in [-0.15, -0.1) is 0 Å². The quantitative estimate of drug-likeness (QED) is 0.836. The highest BCUT2D eigenvalue weighted by atomic mass is 16.2. The summed E-state index contributed by atoms with van der Waals surface area (Å²) in [7, 11) is 0. The highest BCUT2D eigenvalue weighted by Gasteiger charge is 2.39. The van der Waals surface area contributed by atoms with Gasteiger partial charge in [-0.1, -0.05) is 12.8 Å². The van der Waals surface area contributed by atoms with Crippen LogP contribution in [0.1, 0.15) is 55.1 Å². The molecule has 3 heterocycles. The first-order valence-electron chi connectivity index (χ1n) is 9.08. The second-order valence-electron chi connectivity index (χ2n) is 7.14. The minimum Gasteiger partial charge on any atom is -0.350 e. The van der Waals surface area contributed by atoms with E-state index in [-0.39, 0.29) is 30.4 Å². The molecule has 130 valence electrons. The smallest absolute Gasteiger partial charge is 0.275 e. The first-order chi connectivity index (χ1) is 11.7. The van der Waals surface area contributed by atoms with E-state index in [1.165, 1.54) is 0 Å². The van der Waals surface area contributed by atoms with Crippen LogP contribution in [0.3, 0.4) is 0 Å². The van der Waals surface area contributed by atoms with Gasteiger partial charge in [0, 0.05) is 18.8 Å². The van der Waals surface area contributed by atoms with E-state index in [1.54, 1.807) is 11.0 Å². The predicted molar refractivity (Wildman–Crippen MR) is 88.6 cm³/mol. The summed E-state index contributed by atoms with van der Waals surface area (Å²) in [4.78, 5) is 26.7. The first-order valence-corrected chi connectivity index (χ1v) is 9.08. The molecule has 7 heteroatoms. The number of piperidine rings is 1. The lowest BCUT2D eigenvalue weighted by atomic mass is 9.87. The molecule has 2 saturated heterocycles. The Bertz CT molecular complexity index is 622. The van der Waals surface area contributed by atoms with Crippen LogP contribution >= 0.6 is 0 Å². The van der Waals surface area contributed by atoms with Crippen LogP contribution in [-0.4, -0.2) is 58.2 Å². The summed E-state index contributed by atoms with van der Waals surface area (Å²) in [5.74, 6) is -0.160. The molecule has 2 aliphatic heterocycles. The normalized spacial score (nSPS) is 30.6. The summed E-state index contributed by atoms with van der Waals surface area (Å²) in [6, 6.07) is 2.33. The Kier molecular flexibility index (Phi) is 4.26. The van der Waals surface area contributed by atoms with Gasteiger partial charge < -0.3 is 15.5 Å². The van der Waals surface area contributed by atoms with Gasteiger partial charge in [-0.05, 0) is 38.3 Å². The van der Waals surface area contributed by atoms with Crippen molar-refractivity contribution in [2.45, 2.75) is 56.7 Å². The van der Waals surface area contributed by atoms with Gasteiger partial charge in [0.15, 0.2) is 0 Å². The van der Waals surface area contributed by atoms with E-state index < -0.39 is 0 Å². The number of nitrogens with zero attached hydrogens (tertiary/aromatic N) is 3. The van der Waals surface area contributed by atoms with Gasteiger partial charge >= 0.3 is 0 Å². The molecule has 24 heavy (non-hydrogen) atoms. The maximum Gasteiger partial charge on any atom is 0.275 e. The van der Waals surface area contributed by atoms with E-state index in [1.807, 2.05) is 10.9 Å². The maximum atomic E-state index is 13.0. The van der Waals surface area contributed by atoms with Crippen molar-refractivity contribution in [1.82, 2.24) is 25.3 Å². The zero-order valence-corrected chi connectivity index (χ0v) is 13.9. The summed E-state index contributed by atoms with van der Waals surface area (Å²) < 4.78 is 1.90. The number of amides is 2. The SMILES string of the molecule is O=C1CN(C(=O)c2ccn(C3CCCNC3)n2)C2CCCCC2N1. The Morgan fingerprint density at radius 1 is 1.21 bits per heavy atom. The minimum absolute atomic E-state index is 0.0533. The van der Waals surface area contributed by atoms with Crippen molar-refractivity contribution in [2.24, 2.45) is 0 Å². The van der Waals surface area contributed by atoms with Crippen LogP contribution in [0.4, 0.5) is 0 Å². The van der Waals surface area contributed by atoms with Crippen LogP contribution in [0.25, 0.3) is 0 Å². The maximum absolute atomic E-state index is 13.0. The number of carbonyl (C=O) groups excluding carboxylic acids is 2. The third-order valence-electron chi connectivity index (χ3n) is 5.52. The molecule has 2 N–H and O–H groups in total. The monoisotopic (exact) mass is 331 g/mol. The molecule has 3 unspecified atom stereocenters. The molecule has 4 rings (SSSR count). The second kappa shape index (κ2) is 6.55. The average molecular weight is 331 g/mol. The van der Waals surface area contributed by atoms with Crippen LogP contribution in [0.2, 0.25) is 0 Å². The fraction of sp³-hybridized carbons (Fsp3) is 0.706.